The second kappa shape index (κ2) is 5.09. The molecule has 1 heterocycles. The summed E-state index contributed by atoms with van der Waals surface area (Å²) in [4.78, 5) is 0. The zero-order valence-electron chi connectivity index (χ0n) is 11.4. The number of rotatable bonds is 5. The fourth-order valence-corrected chi connectivity index (χ4v) is 2.04. The molecule has 0 unspecified atom stereocenters. The van der Waals surface area contributed by atoms with Crippen LogP contribution in [0.1, 0.15) is 44.0 Å². The summed E-state index contributed by atoms with van der Waals surface area (Å²) in [6.45, 7) is 5.11. The van der Waals surface area contributed by atoms with Crippen molar-refractivity contribution in [3.05, 3.63) is 35.7 Å². The monoisotopic (exact) mass is 257 g/mol. The van der Waals surface area contributed by atoms with Gasteiger partial charge in [-0.1, -0.05) is 26.0 Å². The first-order valence-corrected chi connectivity index (χ1v) is 6.85. The lowest BCUT2D eigenvalue weighted by Gasteiger charge is -2.08. The van der Waals surface area contributed by atoms with Crippen LogP contribution in [0.2, 0.25) is 0 Å². The molecule has 0 aliphatic heterocycles. The van der Waals surface area contributed by atoms with Gasteiger partial charge in [-0.3, -0.25) is 0 Å². The van der Waals surface area contributed by atoms with Crippen molar-refractivity contribution in [2.75, 3.05) is 0 Å². The van der Waals surface area contributed by atoms with Crippen LogP contribution in [0.25, 0.3) is 5.69 Å². The van der Waals surface area contributed by atoms with E-state index >= 15 is 0 Å². The maximum Gasteiger partial charge on any atom is 0.170 e. The van der Waals surface area contributed by atoms with Crippen molar-refractivity contribution in [3.8, 4) is 5.69 Å². The summed E-state index contributed by atoms with van der Waals surface area (Å²) in [5.74, 6) is 1.41. The molecule has 2 aromatic rings. The van der Waals surface area contributed by atoms with Crippen molar-refractivity contribution in [2.24, 2.45) is 0 Å². The van der Waals surface area contributed by atoms with Crippen LogP contribution < -0.4 is 5.32 Å². The molecule has 0 saturated heterocycles. The van der Waals surface area contributed by atoms with E-state index in [2.05, 4.69) is 59.0 Å². The predicted molar refractivity (Wildman–Crippen MR) is 73.1 cm³/mol. The van der Waals surface area contributed by atoms with E-state index < -0.39 is 0 Å². The standard InChI is InChI=1S/C14H19N5/c1-10(2)11-3-7-13(8-4-11)19-14(16-17-18-19)9-15-12-5-6-12/h3-4,7-8,10,12,15H,5-6,9H2,1-2H3. The number of aromatic nitrogens is 4. The van der Waals surface area contributed by atoms with E-state index in [1.165, 1.54) is 18.4 Å². The third kappa shape index (κ3) is 2.81. The van der Waals surface area contributed by atoms with E-state index in [1.54, 1.807) is 4.68 Å². The highest BCUT2D eigenvalue weighted by molar-refractivity contribution is 5.35. The van der Waals surface area contributed by atoms with Crippen LogP contribution in [0.5, 0.6) is 0 Å². The van der Waals surface area contributed by atoms with Crippen molar-refractivity contribution in [1.82, 2.24) is 25.5 Å². The molecule has 100 valence electrons. The van der Waals surface area contributed by atoms with Crippen molar-refractivity contribution in [1.29, 1.82) is 0 Å². The Morgan fingerprint density at radius 3 is 2.63 bits per heavy atom. The Balaban J connectivity index is 1.78. The van der Waals surface area contributed by atoms with Gasteiger partial charge in [-0.25, -0.2) is 0 Å². The van der Waals surface area contributed by atoms with Gasteiger partial charge in [0.1, 0.15) is 0 Å². The summed E-state index contributed by atoms with van der Waals surface area (Å²) in [6, 6.07) is 9.09. The van der Waals surface area contributed by atoms with Gasteiger partial charge >= 0.3 is 0 Å². The Kier molecular flexibility index (Phi) is 3.29. The maximum absolute atomic E-state index is 4.09. The fourth-order valence-electron chi connectivity index (χ4n) is 2.04. The minimum atomic E-state index is 0.541. The molecule has 5 heteroatoms. The van der Waals surface area contributed by atoms with Gasteiger partial charge in [0.2, 0.25) is 0 Å². The molecular formula is C14H19N5. The van der Waals surface area contributed by atoms with Gasteiger partial charge in [0.25, 0.3) is 0 Å². The zero-order chi connectivity index (χ0) is 13.2. The summed E-state index contributed by atoms with van der Waals surface area (Å²) in [6.07, 6.45) is 2.54. The highest BCUT2D eigenvalue weighted by atomic mass is 15.5. The third-order valence-electron chi connectivity index (χ3n) is 3.46. The SMILES string of the molecule is CC(C)c1ccc(-n2nnnc2CNC2CC2)cc1. The Bertz CT molecular complexity index is 539. The first-order valence-electron chi connectivity index (χ1n) is 6.85. The molecule has 1 aliphatic rings. The first kappa shape index (κ1) is 12.3. The summed E-state index contributed by atoms with van der Waals surface area (Å²) < 4.78 is 1.81. The number of nitrogens with zero attached hydrogens (tertiary/aromatic N) is 4. The third-order valence-corrected chi connectivity index (χ3v) is 3.46. The van der Waals surface area contributed by atoms with Crippen LogP contribution >= 0.6 is 0 Å². The van der Waals surface area contributed by atoms with Crippen molar-refractivity contribution in [2.45, 2.75) is 45.2 Å². The molecule has 3 rings (SSSR count). The number of nitrogens with one attached hydrogen (secondary N) is 1. The molecule has 1 N–H and O–H groups in total. The number of tetrazole rings is 1. The zero-order valence-corrected chi connectivity index (χ0v) is 11.4. The molecular weight excluding hydrogens is 238 g/mol. The number of hydrogen-bond donors (Lipinski definition) is 1. The molecule has 1 fully saturated rings. The van der Waals surface area contributed by atoms with Crippen LogP contribution in [0.3, 0.4) is 0 Å². The van der Waals surface area contributed by atoms with Crippen LogP contribution in [-0.4, -0.2) is 26.2 Å². The average molecular weight is 257 g/mol. The van der Waals surface area contributed by atoms with Crippen molar-refractivity contribution in [3.63, 3.8) is 0 Å². The van der Waals surface area contributed by atoms with Gasteiger partial charge < -0.3 is 5.32 Å². The van der Waals surface area contributed by atoms with Gasteiger partial charge in [-0.15, -0.1) is 5.10 Å². The molecule has 1 saturated carbocycles. The lowest BCUT2D eigenvalue weighted by molar-refractivity contribution is 0.637. The minimum Gasteiger partial charge on any atom is -0.307 e. The normalized spacial score (nSPS) is 15.1. The first-order chi connectivity index (χ1) is 9.24. The Morgan fingerprint density at radius 1 is 1.26 bits per heavy atom. The van der Waals surface area contributed by atoms with Crippen LogP contribution in [0.4, 0.5) is 0 Å². The van der Waals surface area contributed by atoms with Crippen molar-refractivity contribution < 1.29 is 0 Å². The second-order valence-corrected chi connectivity index (χ2v) is 5.41. The van der Waals surface area contributed by atoms with E-state index in [1.807, 2.05) is 0 Å². The molecule has 0 atom stereocenters. The van der Waals surface area contributed by atoms with Crippen LogP contribution in [0, 0.1) is 0 Å². The van der Waals surface area contributed by atoms with E-state index in [-0.39, 0.29) is 0 Å². The van der Waals surface area contributed by atoms with Crippen LogP contribution in [-0.2, 0) is 6.54 Å². The molecule has 0 spiro atoms. The summed E-state index contributed by atoms with van der Waals surface area (Å²) in [5, 5.41) is 15.4. The van der Waals surface area contributed by atoms with E-state index in [9.17, 15) is 0 Å². The molecule has 1 aliphatic carbocycles. The lowest BCUT2D eigenvalue weighted by Crippen LogP contribution is -2.18. The minimum absolute atomic E-state index is 0.541. The van der Waals surface area contributed by atoms with Gasteiger partial charge in [0.05, 0.1) is 12.2 Å². The molecule has 5 nitrogen and oxygen atoms in total. The van der Waals surface area contributed by atoms with E-state index in [0.717, 1.165) is 18.1 Å². The maximum atomic E-state index is 4.09. The molecule has 19 heavy (non-hydrogen) atoms. The molecule has 0 bridgehead atoms. The smallest absolute Gasteiger partial charge is 0.170 e. The molecule has 0 radical (unpaired) electrons. The van der Waals surface area contributed by atoms with E-state index in [4.69, 9.17) is 0 Å². The van der Waals surface area contributed by atoms with Crippen LogP contribution in [0.15, 0.2) is 24.3 Å². The quantitative estimate of drug-likeness (QED) is 0.890. The summed E-state index contributed by atoms with van der Waals surface area (Å²) >= 11 is 0. The predicted octanol–water partition coefficient (Wildman–Crippen LogP) is 2.04. The van der Waals surface area contributed by atoms with Gasteiger partial charge in [-0.2, -0.15) is 4.68 Å². The Morgan fingerprint density at radius 2 is 2.00 bits per heavy atom. The summed E-state index contributed by atoms with van der Waals surface area (Å²) in [7, 11) is 0. The highest BCUT2D eigenvalue weighted by Gasteiger charge is 2.21. The van der Waals surface area contributed by atoms with Gasteiger partial charge in [-0.05, 0) is 46.9 Å². The largest absolute Gasteiger partial charge is 0.307 e. The average Bonchev–Trinajstić information content (AvgIpc) is 3.13. The Labute approximate surface area is 113 Å². The summed E-state index contributed by atoms with van der Waals surface area (Å²) in [5.41, 5.74) is 2.34. The Hall–Kier alpha value is -1.75. The molecule has 1 aromatic heterocycles. The van der Waals surface area contributed by atoms with Gasteiger partial charge in [0.15, 0.2) is 5.82 Å². The fraction of sp³-hybridized carbons (Fsp3) is 0.500. The topological polar surface area (TPSA) is 55.6 Å². The van der Waals surface area contributed by atoms with E-state index in [0.29, 0.717) is 12.0 Å². The van der Waals surface area contributed by atoms with Crippen molar-refractivity contribution >= 4 is 0 Å². The van der Waals surface area contributed by atoms with Gasteiger partial charge in [0, 0.05) is 6.04 Å². The second-order valence-electron chi connectivity index (χ2n) is 5.41. The lowest BCUT2D eigenvalue weighted by atomic mass is 10.0. The number of hydrogen-bond acceptors (Lipinski definition) is 4. The number of benzene rings is 1. The molecule has 0 amide bonds. The molecule has 1 aromatic carbocycles. The highest BCUT2D eigenvalue weighted by Crippen LogP contribution is 2.20.